The number of benzene rings is 1. The van der Waals surface area contributed by atoms with Gasteiger partial charge in [-0.2, -0.15) is 0 Å². The summed E-state index contributed by atoms with van der Waals surface area (Å²) in [7, 11) is 0. The Morgan fingerprint density at radius 3 is 2.50 bits per heavy atom. The van der Waals surface area contributed by atoms with Gasteiger partial charge >= 0.3 is 0 Å². The standard InChI is InChI=1S/C9H14N2O/c12-11-7-6-10-8-9-4-2-1-3-5-9/h1-5,10-12H,6-8H2. The second kappa shape index (κ2) is 5.71. The molecule has 0 aromatic heterocycles. The first-order chi connectivity index (χ1) is 5.93. The van der Waals surface area contributed by atoms with Crippen molar-refractivity contribution < 1.29 is 5.21 Å². The van der Waals surface area contributed by atoms with E-state index in [1.165, 1.54) is 5.56 Å². The Balaban J connectivity index is 2.16. The number of hydrogen-bond acceptors (Lipinski definition) is 3. The molecule has 0 aliphatic carbocycles. The summed E-state index contributed by atoms with van der Waals surface area (Å²) in [6.45, 7) is 2.20. The highest BCUT2D eigenvalue weighted by Crippen LogP contribution is 1.96. The molecule has 66 valence electrons. The van der Waals surface area contributed by atoms with Crippen LogP contribution in [0.1, 0.15) is 5.56 Å². The van der Waals surface area contributed by atoms with E-state index < -0.39 is 0 Å². The predicted molar refractivity (Wildman–Crippen MR) is 47.9 cm³/mol. The molecule has 0 unspecified atom stereocenters. The Kier molecular flexibility index (Phi) is 4.37. The predicted octanol–water partition coefficient (Wildman–Crippen LogP) is 0.755. The van der Waals surface area contributed by atoms with Crippen LogP contribution in [0.4, 0.5) is 0 Å². The van der Waals surface area contributed by atoms with Crippen LogP contribution in [0, 0.1) is 0 Å². The summed E-state index contributed by atoms with van der Waals surface area (Å²) >= 11 is 0. The van der Waals surface area contributed by atoms with E-state index in [0.29, 0.717) is 6.54 Å². The maximum Gasteiger partial charge on any atom is 0.0332 e. The molecule has 1 aromatic carbocycles. The fourth-order valence-corrected chi connectivity index (χ4v) is 0.973. The Hall–Kier alpha value is -0.900. The van der Waals surface area contributed by atoms with Gasteiger partial charge in [0.15, 0.2) is 0 Å². The van der Waals surface area contributed by atoms with Crippen LogP contribution in [0.25, 0.3) is 0 Å². The quantitative estimate of drug-likeness (QED) is 0.447. The van der Waals surface area contributed by atoms with Crippen LogP contribution in [0.2, 0.25) is 0 Å². The van der Waals surface area contributed by atoms with E-state index in [9.17, 15) is 0 Å². The average Bonchev–Trinajstić information content (AvgIpc) is 2.14. The highest BCUT2D eigenvalue weighted by molar-refractivity contribution is 5.14. The lowest BCUT2D eigenvalue weighted by molar-refractivity contribution is 0.167. The van der Waals surface area contributed by atoms with Gasteiger partial charge in [-0.3, -0.25) is 0 Å². The van der Waals surface area contributed by atoms with Gasteiger partial charge in [-0.1, -0.05) is 30.3 Å². The molecule has 0 radical (unpaired) electrons. The van der Waals surface area contributed by atoms with E-state index in [2.05, 4.69) is 22.9 Å². The molecule has 0 aliphatic heterocycles. The fourth-order valence-electron chi connectivity index (χ4n) is 0.973. The van der Waals surface area contributed by atoms with Crippen molar-refractivity contribution in [3.63, 3.8) is 0 Å². The van der Waals surface area contributed by atoms with Gasteiger partial charge in [-0.25, -0.2) is 5.48 Å². The maximum absolute atomic E-state index is 8.27. The lowest BCUT2D eigenvalue weighted by Crippen LogP contribution is -2.24. The molecule has 0 fully saturated rings. The highest BCUT2D eigenvalue weighted by Gasteiger charge is 1.88. The van der Waals surface area contributed by atoms with E-state index in [1.807, 2.05) is 18.2 Å². The van der Waals surface area contributed by atoms with Gasteiger partial charge in [0, 0.05) is 19.6 Å². The van der Waals surface area contributed by atoms with Crippen molar-refractivity contribution >= 4 is 0 Å². The minimum Gasteiger partial charge on any atom is -0.317 e. The monoisotopic (exact) mass is 166 g/mol. The van der Waals surface area contributed by atoms with Crippen LogP contribution < -0.4 is 10.8 Å². The first-order valence-corrected chi connectivity index (χ1v) is 4.05. The van der Waals surface area contributed by atoms with Crippen LogP contribution in [-0.2, 0) is 6.54 Å². The zero-order chi connectivity index (χ0) is 8.65. The van der Waals surface area contributed by atoms with Crippen molar-refractivity contribution in [1.82, 2.24) is 10.8 Å². The Bertz CT molecular complexity index is 201. The van der Waals surface area contributed by atoms with Gasteiger partial charge in [-0.05, 0) is 5.56 Å². The summed E-state index contributed by atoms with van der Waals surface area (Å²) in [5.41, 5.74) is 3.35. The lowest BCUT2D eigenvalue weighted by atomic mass is 10.2. The molecule has 0 bridgehead atoms. The zero-order valence-corrected chi connectivity index (χ0v) is 6.96. The molecule has 12 heavy (non-hydrogen) atoms. The summed E-state index contributed by atoms with van der Waals surface area (Å²) in [5, 5.41) is 11.5. The number of hydroxylamine groups is 1. The van der Waals surface area contributed by atoms with Crippen LogP contribution >= 0.6 is 0 Å². The molecule has 0 heterocycles. The summed E-state index contributed by atoms with van der Waals surface area (Å²) in [6.07, 6.45) is 0. The van der Waals surface area contributed by atoms with E-state index >= 15 is 0 Å². The topological polar surface area (TPSA) is 44.3 Å². The second-order valence-electron chi connectivity index (χ2n) is 2.57. The molecule has 3 nitrogen and oxygen atoms in total. The van der Waals surface area contributed by atoms with Crippen molar-refractivity contribution in [1.29, 1.82) is 0 Å². The molecule has 0 amide bonds. The van der Waals surface area contributed by atoms with Gasteiger partial charge in [0.05, 0.1) is 0 Å². The third kappa shape index (κ3) is 3.48. The van der Waals surface area contributed by atoms with E-state index in [-0.39, 0.29) is 0 Å². The summed E-state index contributed by atoms with van der Waals surface area (Å²) < 4.78 is 0. The highest BCUT2D eigenvalue weighted by atomic mass is 16.5. The average molecular weight is 166 g/mol. The molecular weight excluding hydrogens is 152 g/mol. The summed E-state index contributed by atoms with van der Waals surface area (Å²) in [6, 6.07) is 10.2. The third-order valence-electron chi connectivity index (χ3n) is 1.59. The smallest absolute Gasteiger partial charge is 0.0332 e. The van der Waals surface area contributed by atoms with Crippen LogP contribution in [0.15, 0.2) is 30.3 Å². The van der Waals surface area contributed by atoms with E-state index in [0.717, 1.165) is 13.1 Å². The third-order valence-corrected chi connectivity index (χ3v) is 1.59. The molecule has 1 aromatic rings. The molecule has 0 saturated carbocycles. The number of rotatable bonds is 5. The molecule has 1 rings (SSSR count). The van der Waals surface area contributed by atoms with Gasteiger partial charge < -0.3 is 10.5 Å². The van der Waals surface area contributed by atoms with Crippen molar-refractivity contribution in [3.05, 3.63) is 35.9 Å². The Labute approximate surface area is 72.4 Å². The molecule has 0 atom stereocenters. The fraction of sp³-hybridized carbons (Fsp3) is 0.333. The first-order valence-electron chi connectivity index (χ1n) is 4.05. The summed E-state index contributed by atoms with van der Waals surface area (Å²) in [5.74, 6) is 0. The van der Waals surface area contributed by atoms with E-state index in [4.69, 9.17) is 5.21 Å². The molecule has 3 heteroatoms. The lowest BCUT2D eigenvalue weighted by Gasteiger charge is -2.02. The summed E-state index contributed by atoms with van der Waals surface area (Å²) in [4.78, 5) is 0. The molecular formula is C9H14N2O. The van der Waals surface area contributed by atoms with Gasteiger partial charge in [0.2, 0.25) is 0 Å². The molecule has 0 spiro atoms. The van der Waals surface area contributed by atoms with Gasteiger partial charge in [0.1, 0.15) is 0 Å². The maximum atomic E-state index is 8.27. The van der Waals surface area contributed by atoms with Gasteiger partial charge in [0.25, 0.3) is 0 Å². The van der Waals surface area contributed by atoms with Gasteiger partial charge in [-0.15, -0.1) is 0 Å². The SMILES string of the molecule is ONCCNCc1ccccc1. The second-order valence-corrected chi connectivity index (χ2v) is 2.57. The molecule has 0 aliphatic rings. The molecule has 0 saturated heterocycles. The normalized spacial score (nSPS) is 10.1. The minimum atomic E-state index is 0.576. The van der Waals surface area contributed by atoms with Crippen LogP contribution in [-0.4, -0.2) is 18.3 Å². The van der Waals surface area contributed by atoms with Crippen molar-refractivity contribution in [2.45, 2.75) is 6.54 Å². The Morgan fingerprint density at radius 1 is 1.08 bits per heavy atom. The Morgan fingerprint density at radius 2 is 1.83 bits per heavy atom. The first kappa shape index (κ1) is 9.19. The van der Waals surface area contributed by atoms with Crippen molar-refractivity contribution in [2.24, 2.45) is 0 Å². The van der Waals surface area contributed by atoms with Crippen LogP contribution in [0.5, 0.6) is 0 Å². The van der Waals surface area contributed by atoms with Crippen molar-refractivity contribution in [3.8, 4) is 0 Å². The van der Waals surface area contributed by atoms with E-state index in [1.54, 1.807) is 0 Å². The minimum absolute atomic E-state index is 0.576. The zero-order valence-electron chi connectivity index (χ0n) is 6.96. The number of hydrogen-bond donors (Lipinski definition) is 3. The largest absolute Gasteiger partial charge is 0.317 e. The van der Waals surface area contributed by atoms with Crippen LogP contribution in [0.3, 0.4) is 0 Å². The molecule has 3 N–H and O–H groups in total. The van der Waals surface area contributed by atoms with Crippen molar-refractivity contribution in [2.75, 3.05) is 13.1 Å². The number of nitrogens with one attached hydrogen (secondary N) is 2.